The predicted molar refractivity (Wildman–Crippen MR) is 82.1 cm³/mol. The van der Waals surface area contributed by atoms with Crippen molar-refractivity contribution in [2.24, 2.45) is 0 Å². The van der Waals surface area contributed by atoms with Crippen LogP contribution in [0.4, 0.5) is 5.69 Å². The number of nitrogens with one attached hydrogen (secondary N) is 1. The van der Waals surface area contributed by atoms with Crippen LogP contribution in [0.2, 0.25) is 0 Å². The fraction of sp³-hybridized carbons (Fsp3) is 0.500. The Bertz CT molecular complexity index is 693. The zero-order chi connectivity index (χ0) is 16.8. The lowest BCUT2D eigenvalue weighted by Gasteiger charge is -2.26. The molecule has 8 heteroatoms. The molecular weight excluding hydrogens is 316 g/mol. The molecule has 3 aliphatic rings. The van der Waals surface area contributed by atoms with Gasteiger partial charge in [-0.2, -0.15) is 0 Å². The second kappa shape index (κ2) is 5.73. The Balaban J connectivity index is 1.50. The van der Waals surface area contributed by atoms with Gasteiger partial charge in [0.25, 0.3) is 11.8 Å². The number of aliphatic hydroxyl groups excluding tert-OH is 1. The summed E-state index contributed by atoms with van der Waals surface area (Å²) >= 11 is 0. The number of benzene rings is 1. The number of amides is 2. The second-order valence-corrected chi connectivity index (χ2v) is 6.17. The van der Waals surface area contributed by atoms with Gasteiger partial charge >= 0.3 is 0 Å². The van der Waals surface area contributed by atoms with Crippen molar-refractivity contribution < 1.29 is 28.9 Å². The highest BCUT2D eigenvalue weighted by molar-refractivity contribution is 6.01. The van der Waals surface area contributed by atoms with Gasteiger partial charge in [-0.1, -0.05) is 0 Å². The van der Waals surface area contributed by atoms with Crippen molar-refractivity contribution in [2.45, 2.75) is 24.4 Å². The molecular formula is C16H18N2O6. The van der Waals surface area contributed by atoms with Gasteiger partial charge in [0.1, 0.15) is 24.1 Å². The van der Waals surface area contributed by atoms with Crippen LogP contribution in [0.1, 0.15) is 10.4 Å². The molecule has 2 saturated heterocycles. The number of aliphatic hydroxyl groups is 1. The Labute approximate surface area is 138 Å². The van der Waals surface area contributed by atoms with E-state index in [1.165, 1.54) is 4.90 Å². The molecule has 1 aromatic carbocycles. The van der Waals surface area contributed by atoms with Gasteiger partial charge in [-0.15, -0.1) is 0 Å². The molecule has 0 unspecified atom stereocenters. The van der Waals surface area contributed by atoms with Crippen LogP contribution < -0.4 is 15.0 Å². The molecule has 3 heterocycles. The first-order chi connectivity index (χ1) is 11.5. The van der Waals surface area contributed by atoms with Crippen molar-refractivity contribution >= 4 is 17.5 Å². The maximum absolute atomic E-state index is 12.5. The zero-order valence-corrected chi connectivity index (χ0v) is 13.1. The quantitative estimate of drug-likeness (QED) is 0.742. The maximum Gasteiger partial charge on any atom is 0.264 e. The molecule has 0 aliphatic carbocycles. The number of anilines is 1. The fourth-order valence-electron chi connectivity index (χ4n) is 3.27. The number of hydrogen-bond acceptors (Lipinski definition) is 6. The molecule has 2 N–H and O–H groups in total. The Kier molecular flexibility index (Phi) is 3.67. The van der Waals surface area contributed by atoms with Gasteiger partial charge in [-0.3, -0.25) is 9.59 Å². The Morgan fingerprint density at radius 2 is 2.08 bits per heavy atom. The molecule has 24 heavy (non-hydrogen) atoms. The molecule has 0 saturated carbocycles. The molecule has 3 aliphatic heterocycles. The van der Waals surface area contributed by atoms with Crippen LogP contribution >= 0.6 is 0 Å². The summed E-state index contributed by atoms with van der Waals surface area (Å²) in [6.45, 7) is 0.507. The molecule has 2 amide bonds. The van der Waals surface area contributed by atoms with Crippen LogP contribution in [0.5, 0.6) is 5.75 Å². The van der Waals surface area contributed by atoms with E-state index < -0.39 is 12.2 Å². The topological polar surface area (TPSA) is 97.3 Å². The minimum absolute atomic E-state index is 0.00279. The van der Waals surface area contributed by atoms with Gasteiger partial charge in [-0.25, -0.2) is 0 Å². The van der Waals surface area contributed by atoms with Crippen molar-refractivity contribution in [1.82, 2.24) is 5.32 Å². The fourth-order valence-corrected chi connectivity index (χ4v) is 3.27. The van der Waals surface area contributed by atoms with Crippen molar-refractivity contribution in [3.8, 4) is 5.75 Å². The molecule has 2 fully saturated rings. The average Bonchev–Trinajstić information content (AvgIpc) is 3.15. The van der Waals surface area contributed by atoms with Crippen molar-refractivity contribution in [2.75, 3.05) is 31.8 Å². The normalized spacial score (nSPS) is 31.4. The second-order valence-electron chi connectivity index (χ2n) is 6.17. The van der Waals surface area contributed by atoms with E-state index in [2.05, 4.69) is 5.32 Å². The highest BCUT2D eigenvalue weighted by atomic mass is 16.6. The number of carbonyl (C=O) groups excluding carboxylic acids is 2. The third-order valence-electron chi connectivity index (χ3n) is 4.65. The average molecular weight is 334 g/mol. The summed E-state index contributed by atoms with van der Waals surface area (Å²) in [6, 6.07) is 4.64. The van der Waals surface area contributed by atoms with E-state index in [1.807, 2.05) is 0 Å². The van der Waals surface area contributed by atoms with Gasteiger partial charge in [0.05, 0.1) is 24.9 Å². The molecule has 0 aromatic heterocycles. The first kappa shape index (κ1) is 15.4. The van der Waals surface area contributed by atoms with Crippen LogP contribution in [0.3, 0.4) is 0 Å². The Morgan fingerprint density at radius 1 is 1.29 bits per heavy atom. The molecule has 0 radical (unpaired) electrons. The molecule has 8 nitrogen and oxygen atoms in total. The Morgan fingerprint density at radius 3 is 2.92 bits per heavy atom. The van der Waals surface area contributed by atoms with Gasteiger partial charge in [0, 0.05) is 12.6 Å². The minimum Gasteiger partial charge on any atom is -0.482 e. The van der Waals surface area contributed by atoms with Crippen LogP contribution in [-0.2, 0) is 14.3 Å². The van der Waals surface area contributed by atoms with E-state index in [0.717, 1.165) is 0 Å². The molecule has 1 aromatic rings. The van der Waals surface area contributed by atoms with E-state index in [1.54, 1.807) is 25.2 Å². The molecule has 0 bridgehead atoms. The smallest absolute Gasteiger partial charge is 0.264 e. The minimum atomic E-state index is -0.655. The van der Waals surface area contributed by atoms with Crippen LogP contribution in [0, 0.1) is 0 Å². The van der Waals surface area contributed by atoms with Crippen LogP contribution in [0.25, 0.3) is 0 Å². The van der Waals surface area contributed by atoms with E-state index in [4.69, 9.17) is 14.2 Å². The van der Waals surface area contributed by atoms with Gasteiger partial charge in [-0.05, 0) is 18.2 Å². The van der Waals surface area contributed by atoms with Crippen LogP contribution in [-0.4, -0.2) is 68.1 Å². The summed E-state index contributed by atoms with van der Waals surface area (Å²) in [4.78, 5) is 25.7. The van der Waals surface area contributed by atoms with Gasteiger partial charge < -0.3 is 29.5 Å². The van der Waals surface area contributed by atoms with Crippen molar-refractivity contribution in [1.29, 1.82) is 0 Å². The highest BCUT2D eigenvalue weighted by Gasteiger charge is 2.47. The largest absolute Gasteiger partial charge is 0.482 e. The highest BCUT2D eigenvalue weighted by Crippen LogP contribution is 2.32. The zero-order valence-electron chi connectivity index (χ0n) is 13.1. The number of hydrogen-bond donors (Lipinski definition) is 2. The van der Waals surface area contributed by atoms with Crippen LogP contribution in [0.15, 0.2) is 18.2 Å². The molecule has 4 atom stereocenters. The van der Waals surface area contributed by atoms with Crippen molar-refractivity contribution in [3.05, 3.63) is 23.8 Å². The number of nitrogens with zero attached hydrogens (tertiary/aromatic N) is 1. The molecule has 128 valence electrons. The monoisotopic (exact) mass is 334 g/mol. The number of fused-ring (bicyclic) bond motifs is 2. The Hall–Kier alpha value is -2.16. The first-order valence-electron chi connectivity index (χ1n) is 7.80. The molecule has 4 rings (SSSR count). The summed E-state index contributed by atoms with van der Waals surface area (Å²) in [5.41, 5.74) is 0.980. The summed E-state index contributed by atoms with van der Waals surface area (Å²) < 4.78 is 16.3. The number of rotatable bonds is 2. The third-order valence-corrected chi connectivity index (χ3v) is 4.65. The number of ether oxygens (including phenoxy) is 3. The third kappa shape index (κ3) is 2.43. The van der Waals surface area contributed by atoms with E-state index in [9.17, 15) is 14.7 Å². The van der Waals surface area contributed by atoms with Gasteiger partial charge in [0.15, 0.2) is 6.61 Å². The van der Waals surface area contributed by atoms with E-state index in [-0.39, 0.29) is 37.2 Å². The summed E-state index contributed by atoms with van der Waals surface area (Å²) in [5.74, 6) is 0.115. The van der Waals surface area contributed by atoms with Crippen molar-refractivity contribution in [3.63, 3.8) is 0 Å². The number of likely N-dealkylation sites (N-methyl/N-ethyl adjacent to an activating group) is 1. The van der Waals surface area contributed by atoms with E-state index in [0.29, 0.717) is 23.6 Å². The first-order valence-corrected chi connectivity index (χ1v) is 7.80. The van der Waals surface area contributed by atoms with Gasteiger partial charge in [0.2, 0.25) is 0 Å². The predicted octanol–water partition coefficient (Wildman–Crippen LogP) is -0.701. The summed E-state index contributed by atoms with van der Waals surface area (Å²) in [5, 5.41) is 12.6. The van der Waals surface area contributed by atoms with E-state index >= 15 is 0 Å². The summed E-state index contributed by atoms with van der Waals surface area (Å²) in [7, 11) is 1.65. The lowest BCUT2D eigenvalue weighted by Crippen LogP contribution is -2.44. The SMILES string of the molecule is CN1C(=O)COc2ccc(C(=O)N[C@@H]3CO[C@H]4[C@@H]3OC[C@H]4O)cc21. The lowest BCUT2D eigenvalue weighted by atomic mass is 10.1. The molecule has 0 spiro atoms. The number of carbonyl (C=O) groups is 2. The standard InChI is InChI=1S/C16H18N2O6/c1-18-10-4-8(2-3-12(10)22-7-13(18)20)16(21)17-9-5-23-15-11(19)6-24-14(9)15/h2-4,9,11,14-15,19H,5-7H2,1H3,(H,17,21)/t9-,11-,14-,15-/m1/s1. The lowest BCUT2D eigenvalue weighted by molar-refractivity contribution is -0.120. The summed E-state index contributed by atoms with van der Waals surface area (Å²) in [6.07, 6.45) is -1.39. The maximum atomic E-state index is 12.5.